The second-order valence-corrected chi connectivity index (χ2v) is 4.35. The Labute approximate surface area is 115 Å². The minimum absolute atomic E-state index is 0.0163. The van der Waals surface area contributed by atoms with Crippen LogP contribution in [0.5, 0.6) is 11.5 Å². The first kappa shape index (κ1) is 14.7. The molecule has 0 spiro atoms. The van der Waals surface area contributed by atoms with Crippen molar-refractivity contribution in [1.82, 2.24) is 0 Å². The van der Waals surface area contributed by atoms with E-state index in [1.807, 2.05) is 0 Å². The number of ether oxygens (including phenoxy) is 3. The van der Waals surface area contributed by atoms with Gasteiger partial charge in [-0.15, -0.1) is 0 Å². The second-order valence-electron chi connectivity index (χ2n) is 4.35. The predicted octanol–water partition coefficient (Wildman–Crippen LogP) is 2.70. The third kappa shape index (κ3) is 4.16. The Bertz CT molecular complexity index is 462. The minimum Gasteiger partial charge on any atom is -0.490 e. The maximum absolute atomic E-state index is 11.9. The highest BCUT2D eigenvalue weighted by Gasteiger charge is 2.14. The van der Waals surface area contributed by atoms with Crippen LogP contribution in [0.2, 0.25) is 0 Å². The van der Waals surface area contributed by atoms with Crippen LogP contribution < -0.4 is 9.47 Å². The maximum Gasteiger partial charge on any atom is 0.261 e. The van der Waals surface area contributed by atoms with Crippen molar-refractivity contribution in [2.45, 2.75) is 19.3 Å². The van der Waals surface area contributed by atoms with Gasteiger partial charge in [-0.2, -0.15) is 0 Å². The number of alkyl halides is 2. The first-order valence-electron chi connectivity index (χ1n) is 6.45. The lowest BCUT2D eigenvalue weighted by Crippen LogP contribution is -2.09. The summed E-state index contributed by atoms with van der Waals surface area (Å²) in [7, 11) is 0. The number of hydrogen-bond acceptors (Lipinski definition) is 4. The number of hydrogen-bond donors (Lipinski definition) is 0. The molecule has 0 saturated carbocycles. The van der Waals surface area contributed by atoms with Crippen LogP contribution in [-0.2, 0) is 4.74 Å². The van der Waals surface area contributed by atoms with Gasteiger partial charge in [0.25, 0.3) is 6.43 Å². The van der Waals surface area contributed by atoms with Crippen molar-refractivity contribution in [3.05, 3.63) is 23.8 Å². The molecule has 4 nitrogen and oxygen atoms in total. The summed E-state index contributed by atoms with van der Waals surface area (Å²) >= 11 is 0. The highest BCUT2D eigenvalue weighted by molar-refractivity contribution is 5.96. The van der Waals surface area contributed by atoms with Crippen molar-refractivity contribution in [3.63, 3.8) is 0 Å². The van der Waals surface area contributed by atoms with Crippen molar-refractivity contribution in [1.29, 1.82) is 0 Å². The standard InChI is InChI=1S/C14H16F2O4/c15-14(16)9-18-7-4-11(17)10-2-3-12-13(8-10)20-6-1-5-19-12/h2-3,8,14H,1,4-7,9H2. The van der Waals surface area contributed by atoms with E-state index in [0.29, 0.717) is 30.3 Å². The van der Waals surface area contributed by atoms with Crippen LogP contribution in [0.4, 0.5) is 8.78 Å². The lowest BCUT2D eigenvalue weighted by atomic mass is 10.1. The highest BCUT2D eigenvalue weighted by atomic mass is 19.3. The summed E-state index contributed by atoms with van der Waals surface area (Å²) in [4.78, 5) is 11.9. The number of carbonyl (C=O) groups is 1. The van der Waals surface area contributed by atoms with E-state index in [1.54, 1.807) is 18.2 Å². The first-order chi connectivity index (χ1) is 9.66. The number of Topliss-reactive ketones (excluding diaryl/α,β-unsaturated/α-hetero) is 1. The van der Waals surface area contributed by atoms with Gasteiger partial charge in [-0.1, -0.05) is 0 Å². The first-order valence-corrected chi connectivity index (χ1v) is 6.45. The van der Waals surface area contributed by atoms with E-state index in [4.69, 9.17) is 14.2 Å². The van der Waals surface area contributed by atoms with Crippen molar-refractivity contribution >= 4 is 5.78 Å². The molecule has 20 heavy (non-hydrogen) atoms. The smallest absolute Gasteiger partial charge is 0.261 e. The fourth-order valence-electron chi connectivity index (χ4n) is 1.82. The number of ketones is 1. The van der Waals surface area contributed by atoms with Gasteiger partial charge in [-0.25, -0.2) is 8.78 Å². The Morgan fingerprint density at radius 3 is 2.75 bits per heavy atom. The molecule has 1 aromatic rings. The number of benzene rings is 1. The van der Waals surface area contributed by atoms with E-state index in [2.05, 4.69) is 0 Å². The molecule has 0 aliphatic carbocycles. The number of fused-ring (bicyclic) bond motifs is 1. The maximum atomic E-state index is 11.9. The summed E-state index contributed by atoms with van der Waals surface area (Å²) in [6.45, 7) is 0.468. The molecule has 0 aromatic heterocycles. The Balaban J connectivity index is 1.91. The van der Waals surface area contributed by atoms with Gasteiger partial charge in [0, 0.05) is 18.4 Å². The number of rotatable bonds is 6. The Hall–Kier alpha value is -1.69. The normalized spacial score (nSPS) is 14.2. The molecule has 0 atom stereocenters. The highest BCUT2D eigenvalue weighted by Crippen LogP contribution is 2.30. The molecule has 0 unspecified atom stereocenters. The van der Waals surface area contributed by atoms with Gasteiger partial charge < -0.3 is 14.2 Å². The van der Waals surface area contributed by atoms with Crippen LogP contribution in [0.1, 0.15) is 23.2 Å². The number of halogens is 2. The molecular weight excluding hydrogens is 270 g/mol. The largest absolute Gasteiger partial charge is 0.490 e. The lowest BCUT2D eigenvalue weighted by Gasteiger charge is -2.09. The topological polar surface area (TPSA) is 44.8 Å². The third-order valence-corrected chi connectivity index (χ3v) is 2.79. The van der Waals surface area contributed by atoms with Gasteiger partial charge in [-0.3, -0.25) is 4.79 Å². The Morgan fingerprint density at radius 2 is 2.00 bits per heavy atom. The Kier molecular flexibility index (Phi) is 5.29. The number of carbonyl (C=O) groups excluding carboxylic acids is 1. The predicted molar refractivity (Wildman–Crippen MR) is 67.8 cm³/mol. The third-order valence-electron chi connectivity index (χ3n) is 2.79. The molecule has 0 bridgehead atoms. The molecule has 0 saturated heterocycles. The van der Waals surface area contributed by atoms with Crippen LogP contribution in [0, 0.1) is 0 Å². The van der Waals surface area contributed by atoms with E-state index >= 15 is 0 Å². The quantitative estimate of drug-likeness (QED) is 0.596. The zero-order valence-electron chi connectivity index (χ0n) is 10.9. The molecule has 0 radical (unpaired) electrons. The lowest BCUT2D eigenvalue weighted by molar-refractivity contribution is 0.0170. The van der Waals surface area contributed by atoms with E-state index in [0.717, 1.165) is 6.42 Å². The van der Waals surface area contributed by atoms with Gasteiger partial charge in [0.1, 0.15) is 6.61 Å². The molecule has 1 aromatic carbocycles. The summed E-state index contributed by atoms with van der Waals surface area (Å²) in [5, 5.41) is 0. The zero-order valence-corrected chi connectivity index (χ0v) is 10.9. The molecule has 0 amide bonds. The van der Waals surface area contributed by atoms with Gasteiger partial charge in [-0.05, 0) is 18.2 Å². The molecule has 110 valence electrons. The van der Waals surface area contributed by atoms with Gasteiger partial charge in [0.15, 0.2) is 17.3 Å². The van der Waals surface area contributed by atoms with E-state index < -0.39 is 13.0 Å². The fourth-order valence-corrected chi connectivity index (χ4v) is 1.82. The van der Waals surface area contributed by atoms with Crippen LogP contribution >= 0.6 is 0 Å². The zero-order chi connectivity index (χ0) is 14.4. The van der Waals surface area contributed by atoms with E-state index in [1.165, 1.54) is 0 Å². The molecule has 1 heterocycles. The van der Waals surface area contributed by atoms with E-state index in [9.17, 15) is 13.6 Å². The molecule has 1 aliphatic rings. The average Bonchev–Trinajstić information content (AvgIpc) is 2.67. The van der Waals surface area contributed by atoms with Crippen molar-refractivity contribution in [3.8, 4) is 11.5 Å². The Morgan fingerprint density at radius 1 is 1.25 bits per heavy atom. The molecule has 6 heteroatoms. The molecule has 1 aliphatic heterocycles. The van der Waals surface area contributed by atoms with Crippen molar-refractivity contribution in [2.75, 3.05) is 26.4 Å². The summed E-state index contributed by atoms with van der Waals surface area (Å²) in [6, 6.07) is 4.95. The summed E-state index contributed by atoms with van der Waals surface area (Å²) < 4.78 is 39.4. The van der Waals surface area contributed by atoms with Crippen molar-refractivity contribution in [2.24, 2.45) is 0 Å². The summed E-state index contributed by atoms with van der Waals surface area (Å²) in [5.41, 5.74) is 0.467. The molecule has 0 N–H and O–H groups in total. The van der Waals surface area contributed by atoms with Gasteiger partial charge >= 0.3 is 0 Å². The van der Waals surface area contributed by atoms with Crippen molar-refractivity contribution < 1.29 is 27.8 Å². The fraction of sp³-hybridized carbons (Fsp3) is 0.500. The van der Waals surface area contributed by atoms with Crippen LogP contribution in [-0.4, -0.2) is 38.6 Å². The average molecular weight is 286 g/mol. The summed E-state index contributed by atoms with van der Waals surface area (Å²) in [5.74, 6) is 0.991. The molecular formula is C14H16F2O4. The molecule has 2 rings (SSSR count). The SMILES string of the molecule is O=C(CCOCC(F)F)c1ccc2c(c1)OCCCO2. The van der Waals surface area contributed by atoms with Crippen LogP contribution in [0.15, 0.2) is 18.2 Å². The summed E-state index contributed by atoms with van der Waals surface area (Å²) in [6.07, 6.45) is -1.66. The monoisotopic (exact) mass is 286 g/mol. The van der Waals surface area contributed by atoms with Gasteiger partial charge in [0.2, 0.25) is 0 Å². The second kappa shape index (κ2) is 7.19. The minimum atomic E-state index is -2.51. The van der Waals surface area contributed by atoms with E-state index in [-0.39, 0.29) is 18.8 Å². The van der Waals surface area contributed by atoms with Crippen LogP contribution in [0.25, 0.3) is 0 Å². The molecule has 0 fully saturated rings. The van der Waals surface area contributed by atoms with Crippen LogP contribution in [0.3, 0.4) is 0 Å². The van der Waals surface area contributed by atoms with Gasteiger partial charge in [0.05, 0.1) is 19.8 Å².